The summed E-state index contributed by atoms with van der Waals surface area (Å²) < 4.78 is 10.7. The van der Waals surface area contributed by atoms with Crippen LogP contribution in [0.1, 0.15) is 0 Å². The zero-order valence-electron chi connectivity index (χ0n) is 9.38. The number of aromatic nitrogens is 3. The van der Waals surface area contributed by atoms with Crippen LogP contribution in [0.5, 0.6) is 11.5 Å². The predicted octanol–water partition coefficient (Wildman–Crippen LogP) is 2.35. The number of aromatic amines is 1. The van der Waals surface area contributed by atoms with E-state index in [0.29, 0.717) is 0 Å². The van der Waals surface area contributed by atoms with Crippen LogP contribution >= 0.6 is 0 Å². The van der Waals surface area contributed by atoms with Crippen LogP contribution in [0.15, 0.2) is 36.7 Å². The summed E-state index contributed by atoms with van der Waals surface area (Å²) in [7, 11) is 0. The molecule has 1 N–H and O–H groups in total. The van der Waals surface area contributed by atoms with Crippen LogP contribution in [0.3, 0.4) is 0 Å². The van der Waals surface area contributed by atoms with Crippen molar-refractivity contribution in [1.29, 1.82) is 0 Å². The number of fused-ring (bicyclic) bond motifs is 2. The van der Waals surface area contributed by atoms with Crippen LogP contribution < -0.4 is 9.47 Å². The average Bonchev–Trinajstić information content (AvgIpc) is 3.01. The molecule has 1 aliphatic rings. The van der Waals surface area contributed by atoms with Gasteiger partial charge in [0.25, 0.3) is 0 Å². The van der Waals surface area contributed by atoms with Gasteiger partial charge in [0.15, 0.2) is 11.5 Å². The van der Waals surface area contributed by atoms with Gasteiger partial charge in [0.1, 0.15) is 5.82 Å². The number of H-pyrrole nitrogens is 1. The summed E-state index contributed by atoms with van der Waals surface area (Å²) >= 11 is 0. The third-order valence-corrected chi connectivity index (χ3v) is 2.93. The minimum atomic E-state index is 0.277. The van der Waals surface area contributed by atoms with Crippen molar-refractivity contribution in [3.05, 3.63) is 36.7 Å². The number of nitrogens with zero attached hydrogens (tertiary/aromatic N) is 2. The number of benzene rings is 1. The van der Waals surface area contributed by atoms with Crippen LogP contribution in [-0.2, 0) is 0 Å². The summed E-state index contributed by atoms with van der Waals surface area (Å²) in [4.78, 5) is 11.8. The maximum Gasteiger partial charge on any atom is 0.231 e. The van der Waals surface area contributed by atoms with E-state index in [1.54, 1.807) is 12.4 Å². The second-order valence-corrected chi connectivity index (χ2v) is 4.04. The normalized spacial score (nSPS) is 13.1. The molecule has 4 rings (SSSR count). The lowest BCUT2D eigenvalue weighted by Crippen LogP contribution is -1.92. The number of hydrogen-bond donors (Lipinski definition) is 1. The summed E-state index contributed by atoms with van der Waals surface area (Å²) in [6.45, 7) is 0.277. The third kappa shape index (κ3) is 1.34. The van der Waals surface area contributed by atoms with E-state index in [1.807, 2.05) is 24.3 Å². The molecule has 0 fully saturated rings. The fraction of sp³-hybridized carbons (Fsp3) is 0.0769. The molecule has 0 unspecified atom stereocenters. The van der Waals surface area contributed by atoms with E-state index in [1.165, 1.54) is 0 Å². The topological polar surface area (TPSA) is 60.0 Å². The highest BCUT2D eigenvalue weighted by molar-refractivity contribution is 5.83. The fourth-order valence-corrected chi connectivity index (χ4v) is 2.05. The molecule has 0 aliphatic carbocycles. The van der Waals surface area contributed by atoms with E-state index in [0.717, 1.165) is 33.9 Å². The zero-order valence-corrected chi connectivity index (χ0v) is 9.38. The maximum atomic E-state index is 5.34. The summed E-state index contributed by atoms with van der Waals surface area (Å²) in [5, 5.41) is 0. The molecule has 0 bridgehead atoms. The van der Waals surface area contributed by atoms with Crippen molar-refractivity contribution in [3.63, 3.8) is 0 Å². The van der Waals surface area contributed by atoms with Crippen molar-refractivity contribution in [3.8, 4) is 22.9 Å². The number of nitrogens with one attached hydrogen (secondary N) is 1. The Kier molecular flexibility index (Phi) is 1.82. The Labute approximate surface area is 102 Å². The standard InChI is InChI=1S/C13H9N3O2/c1-3-14-4-2-8(1)13-15-9-5-11-12(18-7-17-11)6-10(9)16-13/h1-6H,7H2,(H,15,16). The Bertz CT molecular complexity index is 681. The third-order valence-electron chi connectivity index (χ3n) is 2.93. The van der Waals surface area contributed by atoms with Crippen molar-refractivity contribution in [1.82, 2.24) is 15.0 Å². The molecule has 1 aromatic carbocycles. The molecule has 18 heavy (non-hydrogen) atoms. The van der Waals surface area contributed by atoms with Gasteiger partial charge in [-0.1, -0.05) is 0 Å². The predicted molar refractivity (Wildman–Crippen MR) is 65.4 cm³/mol. The van der Waals surface area contributed by atoms with Gasteiger partial charge in [0.05, 0.1) is 11.0 Å². The molecule has 0 saturated heterocycles. The summed E-state index contributed by atoms with van der Waals surface area (Å²) in [6, 6.07) is 7.63. The van der Waals surface area contributed by atoms with Gasteiger partial charge in [-0.05, 0) is 12.1 Å². The lowest BCUT2D eigenvalue weighted by atomic mass is 10.3. The molecule has 0 atom stereocenters. The summed E-state index contributed by atoms with van der Waals surface area (Å²) in [6.07, 6.45) is 3.49. The van der Waals surface area contributed by atoms with Crippen LogP contribution in [0.25, 0.3) is 22.4 Å². The van der Waals surface area contributed by atoms with Crippen molar-refractivity contribution < 1.29 is 9.47 Å². The first kappa shape index (κ1) is 9.47. The van der Waals surface area contributed by atoms with E-state index in [-0.39, 0.29) is 6.79 Å². The Hall–Kier alpha value is -2.56. The highest BCUT2D eigenvalue weighted by atomic mass is 16.7. The molecule has 0 spiro atoms. The SMILES string of the molecule is c1cc(-c2nc3cc4c(cc3[nH]2)OCO4)ccn1. The van der Waals surface area contributed by atoms with Crippen molar-refractivity contribution in [2.24, 2.45) is 0 Å². The van der Waals surface area contributed by atoms with Gasteiger partial charge in [0, 0.05) is 30.1 Å². The Morgan fingerprint density at radius 1 is 1.06 bits per heavy atom. The highest BCUT2D eigenvalue weighted by Gasteiger charge is 2.16. The van der Waals surface area contributed by atoms with Gasteiger partial charge in [0.2, 0.25) is 6.79 Å². The van der Waals surface area contributed by atoms with Gasteiger partial charge in [-0.25, -0.2) is 4.98 Å². The van der Waals surface area contributed by atoms with E-state index >= 15 is 0 Å². The molecule has 5 heteroatoms. The van der Waals surface area contributed by atoms with Gasteiger partial charge in [-0.3, -0.25) is 4.98 Å². The molecule has 3 heterocycles. The van der Waals surface area contributed by atoms with Crippen LogP contribution in [0.2, 0.25) is 0 Å². The number of imidazole rings is 1. The largest absolute Gasteiger partial charge is 0.454 e. The first-order valence-corrected chi connectivity index (χ1v) is 5.60. The molecule has 0 radical (unpaired) electrons. The fourth-order valence-electron chi connectivity index (χ4n) is 2.05. The smallest absolute Gasteiger partial charge is 0.231 e. The average molecular weight is 239 g/mol. The number of ether oxygens (including phenoxy) is 2. The van der Waals surface area contributed by atoms with E-state index < -0.39 is 0 Å². The van der Waals surface area contributed by atoms with Crippen molar-refractivity contribution >= 4 is 11.0 Å². The quantitative estimate of drug-likeness (QED) is 0.708. The lowest BCUT2D eigenvalue weighted by Gasteiger charge is -1.93. The Morgan fingerprint density at radius 3 is 2.67 bits per heavy atom. The van der Waals surface area contributed by atoms with E-state index in [4.69, 9.17) is 9.47 Å². The Balaban J connectivity index is 1.90. The molecule has 0 amide bonds. The van der Waals surface area contributed by atoms with Crippen LogP contribution in [0.4, 0.5) is 0 Å². The molecule has 1 aliphatic heterocycles. The molecule has 2 aromatic heterocycles. The van der Waals surface area contributed by atoms with Crippen LogP contribution in [-0.4, -0.2) is 21.7 Å². The first-order chi connectivity index (χ1) is 8.90. The second kappa shape index (κ2) is 3.46. The molecule has 0 saturated carbocycles. The zero-order chi connectivity index (χ0) is 11.9. The minimum Gasteiger partial charge on any atom is -0.454 e. The number of pyridine rings is 1. The summed E-state index contributed by atoms with van der Waals surface area (Å²) in [5.41, 5.74) is 2.81. The number of hydrogen-bond acceptors (Lipinski definition) is 4. The van der Waals surface area contributed by atoms with Crippen molar-refractivity contribution in [2.45, 2.75) is 0 Å². The van der Waals surface area contributed by atoms with E-state index in [2.05, 4.69) is 15.0 Å². The van der Waals surface area contributed by atoms with Crippen LogP contribution in [0, 0.1) is 0 Å². The molecule has 88 valence electrons. The highest BCUT2D eigenvalue weighted by Crippen LogP contribution is 2.35. The van der Waals surface area contributed by atoms with Gasteiger partial charge >= 0.3 is 0 Å². The molecule has 3 aromatic rings. The van der Waals surface area contributed by atoms with Gasteiger partial charge in [-0.15, -0.1) is 0 Å². The van der Waals surface area contributed by atoms with Gasteiger partial charge < -0.3 is 14.5 Å². The Morgan fingerprint density at radius 2 is 1.83 bits per heavy atom. The lowest BCUT2D eigenvalue weighted by molar-refractivity contribution is 0.174. The molecular weight excluding hydrogens is 230 g/mol. The van der Waals surface area contributed by atoms with Crippen molar-refractivity contribution in [2.75, 3.05) is 6.79 Å². The minimum absolute atomic E-state index is 0.277. The van der Waals surface area contributed by atoms with Gasteiger partial charge in [-0.2, -0.15) is 0 Å². The number of rotatable bonds is 1. The monoisotopic (exact) mass is 239 g/mol. The first-order valence-electron chi connectivity index (χ1n) is 5.60. The molecule has 5 nitrogen and oxygen atoms in total. The van der Waals surface area contributed by atoms with E-state index in [9.17, 15) is 0 Å². The maximum absolute atomic E-state index is 5.34. The molecular formula is C13H9N3O2. The second-order valence-electron chi connectivity index (χ2n) is 4.04. The summed E-state index contributed by atoms with van der Waals surface area (Å²) in [5.74, 6) is 2.32.